The zero-order chi connectivity index (χ0) is 12.0. The molecular formula is C11H19NO3Si. The van der Waals surface area contributed by atoms with Gasteiger partial charge in [0.2, 0.25) is 0 Å². The van der Waals surface area contributed by atoms with Gasteiger partial charge < -0.3 is 19.0 Å². The van der Waals surface area contributed by atoms with Gasteiger partial charge in [-0.3, -0.25) is 0 Å². The third-order valence-corrected chi connectivity index (χ3v) is 5.33. The summed E-state index contributed by atoms with van der Waals surface area (Å²) in [5.74, 6) is 0. The number of hydrogen-bond donors (Lipinski definition) is 1. The van der Waals surface area contributed by atoms with Crippen molar-refractivity contribution in [1.29, 1.82) is 0 Å². The lowest BCUT2D eigenvalue weighted by Gasteiger charge is -2.24. The normalized spacial score (nSPS) is 11.7. The summed E-state index contributed by atoms with van der Waals surface area (Å²) < 4.78 is 16.1. The number of hydrogen-bond acceptors (Lipinski definition) is 4. The van der Waals surface area contributed by atoms with Gasteiger partial charge in [0, 0.05) is 33.1 Å². The molecule has 0 saturated carbocycles. The Balaban J connectivity index is 2.62. The van der Waals surface area contributed by atoms with Gasteiger partial charge in [0.25, 0.3) is 0 Å². The minimum atomic E-state index is -2.46. The number of rotatable bonds is 6. The van der Waals surface area contributed by atoms with E-state index in [1.165, 1.54) is 5.56 Å². The Morgan fingerprint density at radius 1 is 1.12 bits per heavy atom. The number of aryl methyl sites for hydroxylation is 1. The second kappa shape index (κ2) is 6.00. The molecule has 0 saturated heterocycles. The first-order chi connectivity index (χ1) is 7.65. The Morgan fingerprint density at radius 3 is 2.25 bits per heavy atom. The topological polar surface area (TPSA) is 53.7 Å². The highest BCUT2D eigenvalue weighted by atomic mass is 28.4. The molecule has 16 heavy (non-hydrogen) atoms. The Labute approximate surface area is 97.7 Å². The molecule has 0 radical (unpaired) electrons. The minimum Gasteiger partial charge on any atom is -0.399 e. The predicted molar refractivity (Wildman–Crippen MR) is 66.1 cm³/mol. The van der Waals surface area contributed by atoms with Gasteiger partial charge in [0.15, 0.2) is 0 Å². The van der Waals surface area contributed by atoms with E-state index >= 15 is 0 Å². The van der Waals surface area contributed by atoms with E-state index in [0.29, 0.717) is 0 Å². The number of nitrogens with two attached hydrogens (primary N) is 1. The van der Waals surface area contributed by atoms with Crippen molar-refractivity contribution in [2.75, 3.05) is 27.1 Å². The summed E-state index contributed by atoms with van der Waals surface area (Å²) >= 11 is 0. The molecule has 1 aromatic rings. The van der Waals surface area contributed by atoms with Gasteiger partial charge in [-0.15, -0.1) is 0 Å². The maximum Gasteiger partial charge on any atom is 0.500 e. The lowest BCUT2D eigenvalue weighted by molar-refractivity contribution is 0.123. The van der Waals surface area contributed by atoms with E-state index in [2.05, 4.69) is 0 Å². The molecule has 0 aliphatic rings. The average molecular weight is 241 g/mol. The SMILES string of the molecule is CO[Si](CCc1cccc(N)c1)(OC)OC. The van der Waals surface area contributed by atoms with Crippen molar-refractivity contribution in [3.05, 3.63) is 29.8 Å². The van der Waals surface area contributed by atoms with E-state index < -0.39 is 8.80 Å². The van der Waals surface area contributed by atoms with Crippen LogP contribution < -0.4 is 5.73 Å². The molecule has 0 fully saturated rings. The second-order valence-corrected chi connectivity index (χ2v) is 6.63. The van der Waals surface area contributed by atoms with Crippen LogP contribution in [0.15, 0.2) is 24.3 Å². The summed E-state index contributed by atoms with van der Waals surface area (Å²) in [6.45, 7) is 0. The fourth-order valence-electron chi connectivity index (χ4n) is 1.60. The summed E-state index contributed by atoms with van der Waals surface area (Å²) in [4.78, 5) is 0. The molecule has 0 spiro atoms. The fraction of sp³-hybridized carbons (Fsp3) is 0.455. The smallest absolute Gasteiger partial charge is 0.399 e. The molecule has 90 valence electrons. The van der Waals surface area contributed by atoms with Gasteiger partial charge in [0.05, 0.1) is 0 Å². The van der Waals surface area contributed by atoms with Crippen LogP contribution in [0, 0.1) is 0 Å². The van der Waals surface area contributed by atoms with Crippen molar-refractivity contribution in [2.45, 2.75) is 12.5 Å². The molecule has 0 bridgehead atoms. The van der Waals surface area contributed by atoms with Crippen LogP contribution in [-0.2, 0) is 19.7 Å². The van der Waals surface area contributed by atoms with Crippen LogP contribution in [0.25, 0.3) is 0 Å². The summed E-state index contributed by atoms with van der Waals surface area (Å²) in [7, 11) is 2.41. The molecule has 2 N–H and O–H groups in total. The molecule has 0 aliphatic heterocycles. The van der Waals surface area contributed by atoms with E-state index in [0.717, 1.165) is 18.2 Å². The Bertz CT molecular complexity index is 320. The van der Waals surface area contributed by atoms with E-state index in [1.807, 2.05) is 24.3 Å². The van der Waals surface area contributed by atoms with E-state index in [9.17, 15) is 0 Å². The largest absolute Gasteiger partial charge is 0.500 e. The third-order valence-electron chi connectivity index (χ3n) is 2.60. The van der Waals surface area contributed by atoms with Crippen LogP contribution in [-0.4, -0.2) is 30.1 Å². The zero-order valence-electron chi connectivity index (χ0n) is 10.0. The molecule has 0 amide bonds. The first-order valence-corrected chi connectivity index (χ1v) is 7.09. The molecule has 0 unspecified atom stereocenters. The van der Waals surface area contributed by atoms with Crippen molar-refractivity contribution in [1.82, 2.24) is 0 Å². The molecule has 5 heteroatoms. The van der Waals surface area contributed by atoms with Gasteiger partial charge in [-0.25, -0.2) is 0 Å². The minimum absolute atomic E-state index is 0.750. The van der Waals surface area contributed by atoms with Gasteiger partial charge in [-0.05, 0) is 24.1 Å². The first kappa shape index (κ1) is 13.2. The molecule has 4 nitrogen and oxygen atoms in total. The highest BCUT2D eigenvalue weighted by molar-refractivity contribution is 6.60. The van der Waals surface area contributed by atoms with Gasteiger partial charge in [-0.1, -0.05) is 12.1 Å². The van der Waals surface area contributed by atoms with E-state index in [1.54, 1.807) is 21.3 Å². The number of anilines is 1. The van der Waals surface area contributed by atoms with Crippen LogP contribution in [0.3, 0.4) is 0 Å². The Kier molecular flexibility index (Phi) is 4.95. The van der Waals surface area contributed by atoms with E-state index in [-0.39, 0.29) is 0 Å². The summed E-state index contributed by atoms with van der Waals surface area (Å²) in [6, 6.07) is 8.56. The van der Waals surface area contributed by atoms with Gasteiger partial charge in [0.1, 0.15) is 0 Å². The second-order valence-electron chi connectivity index (χ2n) is 3.54. The highest BCUT2D eigenvalue weighted by Gasteiger charge is 2.36. The molecule has 1 rings (SSSR count). The number of nitrogen functional groups attached to an aromatic ring is 1. The summed E-state index contributed by atoms with van der Waals surface area (Å²) in [6.07, 6.45) is 0.840. The van der Waals surface area contributed by atoms with Crippen LogP contribution in [0.5, 0.6) is 0 Å². The molecule has 1 aromatic carbocycles. The van der Waals surface area contributed by atoms with Crippen molar-refractivity contribution < 1.29 is 13.3 Å². The fourth-order valence-corrected chi connectivity index (χ4v) is 3.31. The molecular weight excluding hydrogens is 222 g/mol. The number of benzene rings is 1. The molecule has 0 aromatic heterocycles. The summed E-state index contributed by atoms with van der Waals surface area (Å²) in [5, 5.41) is 0. The van der Waals surface area contributed by atoms with Crippen molar-refractivity contribution >= 4 is 14.5 Å². The molecule has 0 heterocycles. The van der Waals surface area contributed by atoms with Crippen LogP contribution >= 0.6 is 0 Å². The highest BCUT2D eigenvalue weighted by Crippen LogP contribution is 2.17. The maximum absolute atomic E-state index is 5.71. The molecule has 0 atom stereocenters. The van der Waals surface area contributed by atoms with Crippen molar-refractivity contribution in [2.24, 2.45) is 0 Å². The third kappa shape index (κ3) is 3.31. The lowest BCUT2D eigenvalue weighted by atomic mass is 10.1. The van der Waals surface area contributed by atoms with Crippen molar-refractivity contribution in [3.63, 3.8) is 0 Å². The average Bonchev–Trinajstić information content (AvgIpc) is 2.32. The van der Waals surface area contributed by atoms with Gasteiger partial charge in [-0.2, -0.15) is 0 Å². The van der Waals surface area contributed by atoms with Crippen molar-refractivity contribution in [3.8, 4) is 0 Å². The van der Waals surface area contributed by atoms with E-state index in [4.69, 9.17) is 19.0 Å². The lowest BCUT2D eigenvalue weighted by Crippen LogP contribution is -2.43. The predicted octanol–water partition coefficient (Wildman–Crippen LogP) is 1.69. The van der Waals surface area contributed by atoms with Crippen LogP contribution in [0.1, 0.15) is 5.56 Å². The Morgan fingerprint density at radius 2 is 1.75 bits per heavy atom. The quantitative estimate of drug-likeness (QED) is 0.608. The first-order valence-electron chi connectivity index (χ1n) is 5.15. The summed E-state index contributed by atoms with van der Waals surface area (Å²) in [5.41, 5.74) is 7.66. The zero-order valence-corrected chi connectivity index (χ0v) is 11.0. The van der Waals surface area contributed by atoms with Crippen LogP contribution in [0.4, 0.5) is 5.69 Å². The Hall–Kier alpha value is -0.883. The standard InChI is InChI=1S/C11H19NO3Si/c1-13-16(14-2,15-3)8-7-10-5-4-6-11(12)9-10/h4-6,9H,7-8,12H2,1-3H3. The monoisotopic (exact) mass is 241 g/mol. The molecule has 0 aliphatic carbocycles. The maximum atomic E-state index is 5.71. The van der Waals surface area contributed by atoms with Gasteiger partial charge >= 0.3 is 8.80 Å². The van der Waals surface area contributed by atoms with Crippen LogP contribution in [0.2, 0.25) is 6.04 Å².